The summed E-state index contributed by atoms with van der Waals surface area (Å²) in [6.45, 7) is 2.17. The molecule has 3 atom stereocenters. The van der Waals surface area contributed by atoms with Crippen LogP contribution in [0.3, 0.4) is 0 Å². The van der Waals surface area contributed by atoms with Crippen LogP contribution in [0, 0.1) is 5.92 Å². The number of hydrogen-bond acceptors (Lipinski definition) is 5. The Bertz CT molecular complexity index is 620. The molecule has 1 saturated carbocycles. The highest BCUT2D eigenvalue weighted by molar-refractivity contribution is 7.91. The molecule has 0 bridgehead atoms. The average Bonchev–Trinajstić information content (AvgIpc) is 2.96. The van der Waals surface area contributed by atoms with E-state index in [4.69, 9.17) is 0 Å². The van der Waals surface area contributed by atoms with Gasteiger partial charge < -0.3 is 5.32 Å². The lowest BCUT2D eigenvalue weighted by Gasteiger charge is -2.37. The maximum atomic E-state index is 12.9. The Kier molecular flexibility index (Phi) is 4.16. The van der Waals surface area contributed by atoms with Crippen LogP contribution >= 0.6 is 0 Å². The van der Waals surface area contributed by atoms with Crippen molar-refractivity contribution in [3.8, 4) is 0 Å². The molecule has 0 aromatic rings. The number of nitrogens with zero attached hydrogens (tertiary/aromatic N) is 2. The van der Waals surface area contributed by atoms with Crippen molar-refractivity contribution in [2.75, 3.05) is 25.2 Å². The van der Waals surface area contributed by atoms with Gasteiger partial charge in [-0.05, 0) is 32.2 Å². The first kappa shape index (κ1) is 16.7. The molecule has 1 spiro atoms. The fourth-order valence-electron chi connectivity index (χ4n) is 4.09. The van der Waals surface area contributed by atoms with E-state index in [1.807, 2.05) is 11.8 Å². The van der Waals surface area contributed by atoms with E-state index in [-0.39, 0.29) is 42.1 Å². The summed E-state index contributed by atoms with van der Waals surface area (Å²) in [5.74, 6) is 0.273. The number of nitrogens with one attached hydrogen (secondary N) is 1. The number of sulfone groups is 1. The van der Waals surface area contributed by atoms with E-state index in [1.54, 1.807) is 7.05 Å². The van der Waals surface area contributed by atoms with Crippen LogP contribution in [0.4, 0.5) is 4.79 Å². The molecule has 0 aromatic carbocycles. The quantitative estimate of drug-likeness (QED) is 0.757. The number of carbonyl (C=O) groups is 2. The summed E-state index contributed by atoms with van der Waals surface area (Å²) in [4.78, 5) is 28.3. The molecule has 3 rings (SSSR count). The molecule has 2 saturated heterocycles. The molecule has 2 aliphatic heterocycles. The maximum Gasteiger partial charge on any atom is 0.326 e. The maximum absolute atomic E-state index is 12.9. The Balaban J connectivity index is 1.71. The van der Waals surface area contributed by atoms with E-state index in [2.05, 4.69) is 5.32 Å². The second kappa shape index (κ2) is 5.73. The van der Waals surface area contributed by atoms with Crippen LogP contribution in [0.15, 0.2) is 0 Å². The lowest BCUT2D eigenvalue weighted by Crippen LogP contribution is -2.54. The Morgan fingerprint density at radius 3 is 2.65 bits per heavy atom. The van der Waals surface area contributed by atoms with Crippen LogP contribution in [-0.2, 0) is 14.6 Å². The van der Waals surface area contributed by atoms with Crippen LogP contribution in [0.25, 0.3) is 0 Å². The van der Waals surface area contributed by atoms with Crippen molar-refractivity contribution in [1.82, 2.24) is 15.1 Å². The van der Waals surface area contributed by atoms with Crippen molar-refractivity contribution in [1.29, 1.82) is 0 Å². The summed E-state index contributed by atoms with van der Waals surface area (Å²) < 4.78 is 23.2. The zero-order valence-corrected chi connectivity index (χ0v) is 14.6. The normalized spacial score (nSPS) is 36.9. The molecule has 130 valence electrons. The minimum Gasteiger partial charge on any atom is -0.323 e. The van der Waals surface area contributed by atoms with Crippen LogP contribution in [0.2, 0.25) is 0 Å². The highest BCUT2D eigenvalue weighted by Crippen LogP contribution is 2.38. The minimum atomic E-state index is -2.98. The molecule has 0 radical (unpaired) electrons. The number of urea groups is 1. The van der Waals surface area contributed by atoms with Gasteiger partial charge >= 0.3 is 6.03 Å². The van der Waals surface area contributed by atoms with Crippen molar-refractivity contribution >= 4 is 21.8 Å². The molecular formula is C15H25N3O4S. The van der Waals surface area contributed by atoms with E-state index < -0.39 is 15.4 Å². The molecule has 0 aromatic heterocycles. The number of imide groups is 1. The monoisotopic (exact) mass is 343 g/mol. The van der Waals surface area contributed by atoms with Crippen molar-refractivity contribution in [3.05, 3.63) is 0 Å². The Morgan fingerprint density at radius 2 is 2.04 bits per heavy atom. The molecule has 3 aliphatic rings. The topological polar surface area (TPSA) is 86.8 Å². The van der Waals surface area contributed by atoms with E-state index in [0.29, 0.717) is 12.8 Å². The molecular weight excluding hydrogens is 318 g/mol. The van der Waals surface area contributed by atoms with Crippen LogP contribution in [0.1, 0.15) is 39.0 Å². The third-order valence-electron chi connectivity index (χ3n) is 5.70. The van der Waals surface area contributed by atoms with E-state index in [9.17, 15) is 18.0 Å². The summed E-state index contributed by atoms with van der Waals surface area (Å²) in [7, 11) is -1.20. The van der Waals surface area contributed by atoms with Gasteiger partial charge in [-0.15, -0.1) is 0 Å². The van der Waals surface area contributed by atoms with Crippen molar-refractivity contribution in [2.45, 2.75) is 50.6 Å². The summed E-state index contributed by atoms with van der Waals surface area (Å²) in [6, 6.07) is -0.475. The SMILES string of the molecule is C[C@@H]1CCCC[C@@]12NC(=O)N(CN(C)[C@@H]1CCS(=O)(=O)C1)C2=O. The average molecular weight is 343 g/mol. The summed E-state index contributed by atoms with van der Waals surface area (Å²) in [5, 5.41) is 2.92. The van der Waals surface area contributed by atoms with E-state index in [1.165, 1.54) is 4.90 Å². The minimum absolute atomic E-state index is 0.106. The van der Waals surface area contributed by atoms with Crippen molar-refractivity contribution in [3.63, 3.8) is 0 Å². The molecule has 1 N–H and O–H groups in total. The first-order valence-corrected chi connectivity index (χ1v) is 10.1. The fourth-order valence-corrected chi connectivity index (χ4v) is 5.89. The summed E-state index contributed by atoms with van der Waals surface area (Å²) >= 11 is 0. The molecule has 3 amide bonds. The molecule has 7 nitrogen and oxygen atoms in total. The molecule has 0 unspecified atom stereocenters. The predicted molar refractivity (Wildman–Crippen MR) is 85.4 cm³/mol. The first-order valence-electron chi connectivity index (χ1n) is 8.30. The highest BCUT2D eigenvalue weighted by atomic mass is 32.2. The lowest BCUT2D eigenvalue weighted by atomic mass is 9.73. The van der Waals surface area contributed by atoms with Gasteiger partial charge in [0.15, 0.2) is 9.84 Å². The van der Waals surface area contributed by atoms with E-state index in [0.717, 1.165) is 19.3 Å². The van der Waals surface area contributed by atoms with E-state index >= 15 is 0 Å². The predicted octanol–water partition coefficient (Wildman–Crippen LogP) is 0.564. The van der Waals surface area contributed by atoms with Gasteiger partial charge in [0, 0.05) is 6.04 Å². The molecule has 8 heteroatoms. The summed E-state index contributed by atoms with van der Waals surface area (Å²) in [5.41, 5.74) is -0.752. The molecule has 1 aliphatic carbocycles. The van der Waals surface area contributed by atoms with Crippen molar-refractivity contribution < 1.29 is 18.0 Å². The molecule has 2 heterocycles. The zero-order chi connectivity index (χ0) is 16.8. The Hall–Kier alpha value is -1.15. The van der Waals surface area contributed by atoms with Crippen molar-refractivity contribution in [2.24, 2.45) is 5.92 Å². The summed E-state index contributed by atoms with van der Waals surface area (Å²) in [6.07, 6.45) is 4.23. The van der Waals surface area contributed by atoms with Crippen LogP contribution < -0.4 is 5.32 Å². The van der Waals surface area contributed by atoms with Gasteiger partial charge in [-0.25, -0.2) is 18.1 Å². The van der Waals surface area contributed by atoms with Gasteiger partial charge in [-0.1, -0.05) is 19.8 Å². The van der Waals surface area contributed by atoms with Crippen LogP contribution in [0.5, 0.6) is 0 Å². The standard InChI is InChI=1S/C15H25N3O4S/c1-11-5-3-4-7-15(11)13(19)18(14(20)16-15)10-17(2)12-6-8-23(21,22)9-12/h11-12H,3-10H2,1-2H3,(H,16,20)/t11-,12-,15-/m1/s1. The number of amides is 3. The second-order valence-electron chi connectivity index (χ2n) is 7.24. The number of carbonyl (C=O) groups excluding carboxylic acids is 2. The van der Waals surface area contributed by atoms with Gasteiger partial charge in [0.05, 0.1) is 18.2 Å². The smallest absolute Gasteiger partial charge is 0.323 e. The number of hydrogen-bond donors (Lipinski definition) is 1. The molecule has 23 heavy (non-hydrogen) atoms. The molecule has 3 fully saturated rings. The van der Waals surface area contributed by atoms with Gasteiger partial charge in [0.1, 0.15) is 5.54 Å². The van der Waals surface area contributed by atoms with Gasteiger partial charge in [-0.2, -0.15) is 0 Å². The fraction of sp³-hybridized carbons (Fsp3) is 0.867. The Morgan fingerprint density at radius 1 is 1.30 bits per heavy atom. The zero-order valence-electron chi connectivity index (χ0n) is 13.7. The third-order valence-corrected chi connectivity index (χ3v) is 7.45. The Labute approximate surface area is 137 Å². The van der Waals surface area contributed by atoms with Crippen LogP contribution in [-0.4, -0.2) is 67.0 Å². The van der Waals surface area contributed by atoms with Gasteiger partial charge in [0.2, 0.25) is 0 Å². The first-order chi connectivity index (χ1) is 10.8. The lowest BCUT2D eigenvalue weighted by molar-refractivity contribution is -0.135. The van der Waals surface area contributed by atoms with Gasteiger partial charge in [-0.3, -0.25) is 9.69 Å². The largest absolute Gasteiger partial charge is 0.326 e. The highest BCUT2D eigenvalue weighted by Gasteiger charge is 2.55. The second-order valence-corrected chi connectivity index (χ2v) is 9.47. The van der Waals surface area contributed by atoms with Gasteiger partial charge in [0.25, 0.3) is 5.91 Å². The number of rotatable bonds is 3. The third kappa shape index (κ3) is 2.87.